The Morgan fingerprint density at radius 1 is 1.20 bits per heavy atom. The number of likely N-dealkylation sites (tertiary alicyclic amines) is 1. The molecule has 2 amide bonds. The van der Waals surface area contributed by atoms with Gasteiger partial charge >= 0.3 is 6.03 Å². The highest BCUT2D eigenvalue weighted by Gasteiger charge is 2.21. The van der Waals surface area contributed by atoms with E-state index in [2.05, 4.69) is 30.7 Å². The summed E-state index contributed by atoms with van der Waals surface area (Å²) in [4.78, 5) is 19.1. The fraction of sp³-hybridized carbons (Fsp3) is 0.318. The second-order valence-corrected chi connectivity index (χ2v) is 7.60. The van der Waals surface area contributed by atoms with Gasteiger partial charge < -0.3 is 10.6 Å². The molecule has 7 nitrogen and oxygen atoms in total. The van der Waals surface area contributed by atoms with Crippen molar-refractivity contribution in [1.29, 1.82) is 0 Å². The second kappa shape index (κ2) is 9.04. The van der Waals surface area contributed by atoms with E-state index < -0.39 is 0 Å². The van der Waals surface area contributed by atoms with Crippen molar-refractivity contribution in [2.45, 2.75) is 32.4 Å². The fourth-order valence-corrected chi connectivity index (χ4v) is 3.64. The number of aromatic amines is 1. The van der Waals surface area contributed by atoms with Gasteiger partial charge in [-0.1, -0.05) is 24.3 Å². The maximum atomic E-state index is 13.0. The van der Waals surface area contributed by atoms with Crippen LogP contribution in [0.5, 0.6) is 0 Å². The van der Waals surface area contributed by atoms with Gasteiger partial charge in [-0.15, -0.1) is 0 Å². The van der Waals surface area contributed by atoms with Crippen LogP contribution in [-0.2, 0) is 6.54 Å². The molecule has 30 heavy (non-hydrogen) atoms. The summed E-state index contributed by atoms with van der Waals surface area (Å²) in [5.74, 6) is 1.13. The minimum atomic E-state index is -0.214. The molecular weight excluding hydrogens is 383 g/mol. The fourth-order valence-electron chi connectivity index (χ4n) is 3.64. The van der Waals surface area contributed by atoms with Crippen molar-refractivity contribution >= 4 is 11.7 Å². The van der Waals surface area contributed by atoms with Crippen LogP contribution < -0.4 is 10.6 Å². The number of amides is 2. The molecule has 156 valence electrons. The van der Waals surface area contributed by atoms with Crippen LogP contribution >= 0.6 is 0 Å². The van der Waals surface area contributed by atoms with Gasteiger partial charge in [-0.05, 0) is 49.6 Å². The Morgan fingerprint density at radius 3 is 2.67 bits per heavy atom. The summed E-state index contributed by atoms with van der Waals surface area (Å²) in [7, 11) is 0. The molecule has 0 spiro atoms. The summed E-state index contributed by atoms with van der Waals surface area (Å²) in [5, 5.41) is 12.9. The Kier molecular flexibility index (Phi) is 6.04. The van der Waals surface area contributed by atoms with Gasteiger partial charge in [-0.3, -0.25) is 10.00 Å². The molecule has 0 unspecified atom stereocenters. The van der Waals surface area contributed by atoms with E-state index in [9.17, 15) is 9.18 Å². The number of carbonyl (C=O) groups excluding carboxylic acids is 1. The summed E-state index contributed by atoms with van der Waals surface area (Å²) in [6.45, 7) is 4.42. The molecule has 1 saturated heterocycles. The molecule has 2 aromatic carbocycles. The number of aryl methyl sites for hydroxylation is 1. The maximum Gasteiger partial charge on any atom is 0.319 e. The Morgan fingerprint density at radius 2 is 1.97 bits per heavy atom. The number of nitrogens with one attached hydrogen (secondary N) is 3. The highest BCUT2D eigenvalue weighted by Crippen LogP contribution is 2.20. The quantitative estimate of drug-likeness (QED) is 0.601. The summed E-state index contributed by atoms with van der Waals surface area (Å²) >= 11 is 0. The summed E-state index contributed by atoms with van der Waals surface area (Å²) in [6, 6.07) is 14.0. The Hall–Kier alpha value is -3.26. The number of urea groups is 1. The predicted octanol–water partition coefficient (Wildman–Crippen LogP) is 3.71. The van der Waals surface area contributed by atoms with Crippen molar-refractivity contribution in [3.63, 3.8) is 0 Å². The zero-order valence-corrected chi connectivity index (χ0v) is 16.9. The Balaban J connectivity index is 1.25. The van der Waals surface area contributed by atoms with E-state index in [-0.39, 0.29) is 17.9 Å². The minimum absolute atomic E-state index is 0.133. The summed E-state index contributed by atoms with van der Waals surface area (Å²) in [6.07, 6.45) is 1.76. The van der Waals surface area contributed by atoms with Crippen LogP contribution in [0.3, 0.4) is 0 Å². The third-order valence-corrected chi connectivity index (χ3v) is 5.22. The number of aromatic nitrogens is 3. The number of rotatable bonds is 5. The molecule has 0 atom stereocenters. The normalized spacial score (nSPS) is 15.1. The smallest absolute Gasteiger partial charge is 0.319 e. The van der Waals surface area contributed by atoms with Crippen LogP contribution in [0.25, 0.3) is 11.4 Å². The second-order valence-electron chi connectivity index (χ2n) is 7.60. The number of nitrogens with zero attached hydrogens (tertiary/aromatic N) is 3. The van der Waals surface area contributed by atoms with Gasteiger partial charge in [-0.2, -0.15) is 5.10 Å². The monoisotopic (exact) mass is 408 g/mol. The Labute approximate surface area is 174 Å². The number of H-pyrrole nitrogens is 1. The zero-order chi connectivity index (χ0) is 20.9. The molecule has 8 heteroatoms. The van der Waals surface area contributed by atoms with Crippen LogP contribution in [0.4, 0.5) is 14.9 Å². The molecule has 2 heterocycles. The zero-order valence-electron chi connectivity index (χ0n) is 16.9. The number of carbonyl (C=O) groups is 1. The van der Waals surface area contributed by atoms with Crippen molar-refractivity contribution in [1.82, 2.24) is 25.4 Å². The highest BCUT2D eigenvalue weighted by atomic mass is 19.1. The molecule has 1 aliphatic heterocycles. The van der Waals surface area contributed by atoms with E-state index >= 15 is 0 Å². The van der Waals surface area contributed by atoms with Gasteiger partial charge in [0.25, 0.3) is 0 Å². The van der Waals surface area contributed by atoms with Gasteiger partial charge in [0.15, 0.2) is 5.82 Å². The lowest BCUT2D eigenvalue weighted by Gasteiger charge is -2.32. The molecular formula is C22H25FN6O. The Bertz CT molecular complexity index is 995. The predicted molar refractivity (Wildman–Crippen MR) is 113 cm³/mol. The van der Waals surface area contributed by atoms with Crippen LogP contribution in [-0.4, -0.2) is 45.2 Å². The molecule has 1 aliphatic rings. The highest BCUT2D eigenvalue weighted by molar-refractivity contribution is 5.90. The standard InChI is InChI=1S/C22H25FN6O/c1-15-24-21(28-27-15)17-3-2-4-20(13-17)26-22(30)25-19-9-11-29(12-10-19)14-16-5-7-18(23)8-6-16/h2-8,13,19H,9-12,14H2,1H3,(H,24,27,28)(H2,25,26,30). The number of hydrogen-bond acceptors (Lipinski definition) is 4. The molecule has 1 fully saturated rings. The maximum absolute atomic E-state index is 13.0. The SMILES string of the molecule is Cc1nc(-c2cccc(NC(=O)NC3CCN(Cc4ccc(F)cc4)CC3)c2)n[nH]1. The first-order valence-corrected chi connectivity index (χ1v) is 10.1. The van der Waals surface area contributed by atoms with E-state index in [1.165, 1.54) is 12.1 Å². The average Bonchev–Trinajstić information content (AvgIpc) is 3.18. The van der Waals surface area contributed by atoms with Gasteiger partial charge in [0, 0.05) is 36.9 Å². The van der Waals surface area contributed by atoms with Crippen LogP contribution in [0, 0.1) is 12.7 Å². The van der Waals surface area contributed by atoms with Crippen molar-refractivity contribution in [2.75, 3.05) is 18.4 Å². The molecule has 0 radical (unpaired) electrons. The third-order valence-electron chi connectivity index (χ3n) is 5.22. The summed E-state index contributed by atoms with van der Waals surface area (Å²) in [5.41, 5.74) is 2.63. The molecule has 4 rings (SSSR count). The van der Waals surface area contributed by atoms with E-state index in [1.807, 2.05) is 43.3 Å². The van der Waals surface area contributed by atoms with Crippen molar-refractivity contribution in [3.8, 4) is 11.4 Å². The lowest BCUT2D eigenvalue weighted by atomic mass is 10.0. The van der Waals surface area contributed by atoms with E-state index in [0.717, 1.165) is 49.4 Å². The number of halogens is 1. The van der Waals surface area contributed by atoms with Crippen LogP contribution in [0.1, 0.15) is 24.2 Å². The van der Waals surface area contributed by atoms with Gasteiger partial charge in [0.2, 0.25) is 0 Å². The first-order chi connectivity index (χ1) is 14.5. The molecule has 3 N–H and O–H groups in total. The summed E-state index contributed by atoms with van der Waals surface area (Å²) < 4.78 is 13.0. The largest absolute Gasteiger partial charge is 0.335 e. The average molecular weight is 408 g/mol. The number of piperidine rings is 1. The third kappa shape index (κ3) is 5.21. The van der Waals surface area contributed by atoms with Gasteiger partial charge in [0.1, 0.15) is 11.6 Å². The topological polar surface area (TPSA) is 85.9 Å². The molecule has 3 aromatic rings. The lowest BCUT2D eigenvalue weighted by molar-refractivity contribution is 0.190. The molecule has 0 aliphatic carbocycles. The lowest BCUT2D eigenvalue weighted by Crippen LogP contribution is -2.45. The van der Waals surface area contributed by atoms with Gasteiger partial charge in [-0.25, -0.2) is 14.2 Å². The first-order valence-electron chi connectivity index (χ1n) is 10.1. The minimum Gasteiger partial charge on any atom is -0.335 e. The van der Waals surface area contributed by atoms with Crippen molar-refractivity contribution in [3.05, 3.63) is 65.7 Å². The number of anilines is 1. The van der Waals surface area contributed by atoms with E-state index in [4.69, 9.17) is 0 Å². The van der Waals surface area contributed by atoms with E-state index in [1.54, 1.807) is 0 Å². The van der Waals surface area contributed by atoms with Crippen molar-refractivity contribution in [2.24, 2.45) is 0 Å². The van der Waals surface area contributed by atoms with Crippen molar-refractivity contribution < 1.29 is 9.18 Å². The molecule has 1 aromatic heterocycles. The first kappa shape index (κ1) is 20.0. The van der Waals surface area contributed by atoms with Gasteiger partial charge in [0.05, 0.1) is 0 Å². The number of benzene rings is 2. The number of hydrogen-bond donors (Lipinski definition) is 3. The van der Waals surface area contributed by atoms with E-state index in [0.29, 0.717) is 11.5 Å². The van der Waals surface area contributed by atoms with Crippen LogP contribution in [0.2, 0.25) is 0 Å². The molecule has 0 bridgehead atoms. The molecule has 0 saturated carbocycles. The van der Waals surface area contributed by atoms with Crippen LogP contribution in [0.15, 0.2) is 48.5 Å².